The van der Waals surface area contributed by atoms with Crippen molar-refractivity contribution in [1.29, 1.82) is 0 Å². The van der Waals surface area contributed by atoms with Crippen molar-refractivity contribution in [3.05, 3.63) is 65.9 Å². The van der Waals surface area contributed by atoms with Gasteiger partial charge in [-0.1, -0.05) is 12.1 Å². The zero-order chi connectivity index (χ0) is 20.1. The van der Waals surface area contributed by atoms with Crippen molar-refractivity contribution in [1.82, 2.24) is 25.4 Å². The molecule has 152 valence electrons. The molecule has 0 saturated carbocycles. The summed E-state index contributed by atoms with van der Waals surface area (Å²) in [6.45, 7) is 4.00. The Morgan fingerprint density at radius 3 is 2.83 bits per heavy atom. The van der Waals surface area contributed by atoms with Crippen LogP contribution >= 0.6 is 0 Å². The Labute approximate surface area is 167 Å². The third kappa shape index (κ3) is 4.80. The number of nitrogens with one attached hydrogen (secondary N) is 2. The van der Waals surface area contributed by atoms with E-state index in [0.29, 0.717) is 31.1 Å². The minimum absolute atomic E-state index is 0.197. The average Bonchev–Trinajstić information content (AvgIpc) is 3.41. The van der Waals surface area contributed by atoms with Gasteiger partial charge >= 0.3 is 0 Å². The summed E-state index contributed by atoms with van der Waals surface area (Å²) in [6.07, 6.45) is 5.61. The molecule has 29 heavy (non-hydrogen) atoms. The van der Waals surface area contributed by atoms with Gasteiger partial charge in [0, 0.05) is 38.9 Å². The monoisotopic (exact) mass is 398 g/mol. The first-order valence-electron chi connectivity index (χ1n) is 9.61. The van der Waals surface area contributed by atoms with Gasteiger partial charge in [-0.2, -0.15) is 5.10 Å². The normalized spacial score (nSPS) is 14.9. The first kappa shape index (κ1) is 19.1. The maximum Gasteiger partial charge on any atom is 0.273 e. The van der Waals surface area contributed by atoms with Gasteiger partial charge in [0.15, 0.2) is 5.69 Å². The first-order valence-corrected chi connectivity index (χ1v) is 9.61. The predicted octanol–water partition coefficient (Wildman–Crippen LogP) is 1.83. The van der Waals surface area contributed by atoms with Gasteiger partial charge in [-0.3, -0.25) is 14.8 Å². The topological polar surface area (TPSA) is 90.3 Å². The van der Waals surface area contributed by atoms with Crippen molar-refractivity contribution in [2.75, 3.05) is 37.6 Å². The number of hydrogen-bond acceptors (Lipinski definition) is 6. The number of halogens is 1. The quantitative estimate of drug-likeness (QED) is 0.631. The Kier molecular flexibility index (Phi) is 5.85. The molecule has 0 unspecified atom stereocenters. The smallest absolute Gasteiger partial charge is 0.273 e. The summed E-state index contributed by atoms with van der Waals surface area (Å²) >= 11 is 0. The molecule has 3 heterocycles. The Morgan fingerprint density at radius 1 is 1.24 bits per heavy atom. The minimum atomic E-state index is -0.257. The molecule has 2 aromatic heterocycles. The van der Waals surface area contributed by atoms with Crippen molar-refractivity contribution in [2.45, 2.75) is 13.0 Å². The molecular formula is C20H23FN6O2. The fraction of sp³-hybridized carbons (Fsp3) is 0.350. The highest BCUT2D eigenvalue weighted by Crippen LogP contribution is 2.20. The number of H-pyrrole nitrogens is 1. The third-order valence-electron chi connectivity index (χ3n) is 4.96. The van der Waals surface area contributed by atoms with Crippen LogP contribution in [0.1, 0.15) is 21.9 Å². The maximum absolute atomic E-state index is 13.9. The molecule has 3 aromatic rings. The van der Waals surface area contributed by atoms with Crippen LogP contribution in [0.4, 0.5) is 10.1 Å². The number of nitrogens with zero attached hydrogens (tertiary/aromatic N) is 4. The van der Waals surface area contributed by atoms with Gasteiger partial charge in [-0.05, 0) is 24.1 Å². The van der Waals surface area contributed by atoms with E-state index in [1.165, 1.54) is 12.3 Å². The second-order valence-corrected chi connectivity index (χ2v) is 6.95. The number of hydrogen-bond donors (Lipinski definition) is 2. The van der Waals surface area contributed by atoms with E-state index in [9.17, 15) is 9.18 Å². The molecule has 0 atom stereocenters. The molecule has 0 spiro atoms. The number of oxazole rings is 1. The SMILES string of the molecule is O=C(NCCc1cn[nH]c1)c1coc(CN2CCN(c3ccccc3F)CC2)n1. The van der Waals surface area contributed by atoms with Gasteiger partial charge in [0.2, 0.25) is 5.89 Å². The molecule has 8 nitrogen and oxygen atoms in total. The molecule has 1 aliphatic heterocycles. The summed E-state index contributed by atoms with van der Waals surface area (Å²) in [4.78, 5) is 20.7. The van der Waals surface area contributed by atoms with Crippen LogP contribution in [0.5, 0.6) is 0 Å². The van der Waals surface area contributed by atoms with Gasteiger partial charge in [0.1, 0.15) is 12.1 Å². The van der Waals surface area contributed by atoms with Crippen molar-refractivity contribution in [2.24, 2.45) is 0 Å². The van der Waals surface area contributed by atoms with Crippen LogP contribution in [0.3, 0.4) is 0 Å². The first-order chi connectivity index (χ1) is 14.2. The summed E-state index contributed by atoms with van der Waals surface area (Å²) in [5.74, 6) is 0.0502. The van der Waals surface area contributed by atoms with Crippen LogP contribution in [0.25, 0.3) is 0 Å². The van der Waals surface area contributed by atoms with E-state index in [4.69, 9.17) is 4.42 Å². The largest absolute Gasteiger partial charge is 0.447 e. The van der Waals surface area contributed by atoms with E-state index in [-0.39, 0.29) is 17.4 Å². The number of piperazine rings is 1. The summed E-state index contributed by atoms with van der Waals surface area (Å²) < 4.78 is 19.4. The maximum atomic E-state index is 13.9. The lowest BCUT2D eigenvalue weighted by atomic mass is 10.2. The molecule has 1 aliphatic rings. The minimum Gasteiger partial charge on any atom is -0.447 e. The molecule has 9 heteroatoms. The van der Waals surface area contributed by atoms with Gasteiger partial charge < -0.3 is 14.6 Å². The van der Waals surface area contributed by atoms with Gasteiger partial charge in [0.05, 0.1) is 18.4 Å². The van der Waals surface area contributed by atoms with Crippen LogP contribution < -0.4 is 10.2 Å². The van der Waals surface area contributed by atoms with E-state index in [2.05, 4.69) is 25.4 Å². The van der Waals surface area contributed by atoms with Gasteiger partial charge in [0.25, 0.3) is 5.91 Å². The van der Waals surface area contributed by atoms with E-state index >= 15 is 0 Å². The van der Waals surface area contributed by atoms with E-state index in [1.54, 1.807) is 24.5 Å². The number of para-hydroxylation sites is 1. The number of aromatic amines is 1. The Morgan fingerprint density at radius 2 is 2.07 bits per heavy atom. The number of benzene rings is 1. The second-order valence-electron chi connectivity index (χ2n) is 6.95. The highest BCUT2D eigenvalue weighted by atomic mass is 19.1. The zero-order valence-corrected chi connectivity index (χ0v) is 16.0. The standard InChI is InChI=1S/C20H23FN6O2/c21-16-3-1-2-4-18(16)27-9-7-26(8-10-27)13-19-25-17(14-29-19)20(28)22-6-5-15-11-23-24-12-15/h1-4,11-12,14H,5-10,13H2,(H,22,28)(H,23,24). The Hall–Kier alpha value is -3.20. The number of amides is 1. The Bertz CT molecular complexity index is 934. The fourth-order valence-electron chi connectivity index (χ4n) is 3.36. The lowest BCUT2D eigenvalue weighted by Gasteiger charge is -2.35. The van der Waals surface area contributed by atoms with Crippen molar-refractivity contribution >= 4 is 11.6 Å². The lowest BCUT2D eigenvalue weighted by molar-refractivity contribution is 0.0949. The van der Waals surface area contributed by atoms with E-state index in [1.807, 2.05) is 11.0 Å². The third-order valence-corrected chi connectivity index (χ3v) is 4.96. The summed E-state index contributed by atoms with van der Waals surface area (Å²) in [7, 11) is 0. The van der Waals surface area contributed by atoms with Crippen LogP contribution in [0, 0.1) is 5.82 Å². The molecule has 0 radical (unpaired) electrons. The Balaban J connectivity index is 1.24. The molecule has 1 amide bonds. The summed E-state index contributed by atoms with van der Waals surface area (Å²) in [5.41, 5.74) is 1.94. The number of aromatic nitrogens is 3. The molecule has 0 aliphatic carbocycles. The van der Waals surface area contributed by atoms with Crippen LogP contribution in [0.15, 0.2) is 47.3 Å². The molecule has 1 saturated heterocycles. The molecule has 1 aromatic carbocycles. The van der Waals surface area contributed by atoms with E-state index in [0.717, 1.165) is 31.7 Å². The van der Waals surface area contributed by atoms with Crippen LogP contribution in [-0.2, 0) is 13.0 Å². The van der Waals surface area contributed by atoms with Gasteiger partial charge in [-0.25, -0.2) is 9.37 Å². The van der Waals surface area contributed by atoms with Crippen molar-refractivity contribution in [3.8, 4) is 0 Å². The molecule has 4 rings (SSSR count). The predicted molar refractivity (Wildman–Crippen MR) is 105 cm³/mol. The summed E-state index contributed by atoms with van der Waals surface area (Å²) in [5, 5.41) is 9.44. The fourth-order valence-corrected chi connectivity index (χ4v) is 3.36. The van der Waals surface area contributed by atoms with Crippen LogP contribution in [0.2, 0.25) is 0 Å². The number of anilines is 1. The van der Waals surface area contributed by atoms with E-state index < -0.39 is 0 Å². The zero-order valence-electron chi connectivity index (χ0n) is 16.0. The highest BCUT2D eigenvalue weighted by Gasteiger charge is 2.21. The van der Waals surface area contributed by atoms with Crippen molar-refractivity contribution < 1.29 is 13.6 Å². The van der Waals surface area contributed by atoms with Gasteiger partial charge in [-0.15, -0.1) is 0 Å². The summed E-state index contributed by atoms with van der Waals surface area (Å²) in [6, 6.07) is 6.83. The number of carbonyl (C=O) groups excluding carboxylic acids is 1. The average molecular weight is 398 g/mol. The molecular weight excluding hydrogens is 375 g/mol. The second kappa shape index (κ2) is 8.87. The lowest BCUT2D eigenvalue weighted by Crippen LogP contribution is -2.46. The highest BCUT2D eigenvalue weighted by molar-refractivity contribution is 5.91. The number of rotatable bonds is 7. The molecule has 1 fully saturated rings. The molecule has 2 N–H and O–H groups in total. The molecule has 0 bridgehead atoms. The van der Waals surface area contributed by atoms with Crippen molar-refractivity contribution in [3.63, 3.8) is 0 Å². The number of carbonyl (C=O) groups is 1. The van der Waals surface area contributed by atoms with Crippen LogP contribution in [-0.4, -0.2) is 58.7 Å².